The Labute approximate surface area is 136 Å². The molecule has 1 atom stereocenters. The summed E-state index contributed by atoms with van der Waals surface area (Å²) in [5.74, 6) is 1.74. The van der Waals surface area contributed by atoms with Crippen LogP contribution in [0.2, 0.25) is 0 Å². The second-order valence-electron chi connectivity index (χ2n) is 6.95. The first-order valence-electron chi connectivity index (χ1n) is 8.62. The number of fused-ring (bicyclic) bond motifs is 3. The number of ether oxygens (including phenoxy) is 2. The topological polar surface area (TPSA) is 30.5 Å². The molecule has 2 aromatic rings. The SMILES string of the molecule is c1ccc2c(c1)N[C@@H](c1ccc3c(c1)OCO3)C21CCCCC1. The van der Waals surface area contributed by atoms with Crippen LogP contribution >= 0.6 is 0 Å². The number of benzene rings is 2. The monoisotopic (exact) mass is 307 g/mol. The Morgan fingerprint density at radius 1 is 0.913 bits per heavy atom. The third-order valence-electron chi connectivity index (χ3n) is 5.79. The minimum absolute atomic E-state index is 0.225. The number of nitrogens with one attached hydrogen (secondary N) is 1. The van der Waals surface area contributed by atoms with Crippen molar-refractivity contribution in [2.75, 3.05) is 12.1 Å². The minimum Gasteiger partial charge on any atom is -0.454 e. The molecule has 3 nitrogen and oxygen atoms in total. The maximum atomic E-state index is 5.60. The molecule has 0 unspecified atom stereocenters. The van der Waals surface area contributed by atoms with E-state index in [1.54, 1.807) is 0 Å². The maximum Gasteiger partial charge on any atom is 0.231 e. The molecule has 0 aromatic heterocycles. The van der Waals surface area contributed by atoms with Crippen molar-refractivity contribution >= 4 is 5.69 Å². The summed E-state index contributed by atoms with van der Waals surface area (Å²) in [5, 5.41) is 3.81. The Kier molecular flexibility index (Phi) is 2.84. The lowest BCUT2D eigenvalue weighted by Gasteiger charge is -2.39. The fraction of sp³-hybridized carbons (Fsp3) is 0.400. The Morgan fingerprint density at radius 2 is 1.74 bits per heavy atom. The van der Waals surface area contributed by atoms with Crippen molar-refractivity contribution in [2.45, 2.75) is 43.6 Å². The van der Waals surface area contributed by atoms with Crippen LogP contribution in [0.25, 0.3) is 0 Å². The molecule has 2 aliphatic heterocycles. The van der Waals surface area contributed by atoms with E-state index in [2.05, 4.69) is 47.8 Å². The van der Waals surface area contributed by atoms with E-state index in [4.69, 9.17) is 9.47 Å². The van der Waals surface area contributed by atoms with Gasteiger partial charge in [-0.25, -0.2) is 0 Å². The van der Waals surface area contributed by atoms with E-state index in [0.29, 0.717) is 12.8 Å². The molecule has 0 radical (unpaired) electrons. The standard InChI is InChI=1S/C20H21NO2/c1-4-10-20(11-5-1)15-6-2-3-7-16(15)21-19(20)14-8-9-17-18(12-14)23-13-22-17/h2-3,6-9,12,19,21H,1,4-5,10-11,13H2/t19-/m0/s1. The molecule has 1 spiro atoms. The molecule has 1 fully saturated rings. The van der Waals surface area contributed by atoms with E-state index >= 15 is 0 Å². The van der Waals surface area contributed by atoms with E-state index in [1.165, 1.54) is 48.9 Å². The molecule has 3 heteroatoms. The molecule has 2 heterocycles. The molecule has 23 heavy (non-hydrogen) atoms. The lowest BCUT2D eigenvalue weighted by molar-refractivity contribution is 0.174. The van der Waals surface area contributed by atoms with Crippen molar-refractivity contribution < 1.29 is 9.47 Å². The third kappa shape index (κ3) is 1.89. The highest BCUT2D eigenvalue weighted by Crippen LogP contribution is 2.56. The average Bonchev–Trinajstić information content (AvgIpc) is 3.19. The summed E-state index contributed by atoms with van der Waals surface area (Å²) in [7, 11) is 0. The molecular formula is C20H21NO2. The molecule has 118 valence electrons. The Balaban J connectivity index is 1.62. The van der Waals surface area contributed by atoms with Gasteiger partial charge in [-0.3, -0.25) is 0 Å². The van der Waals surface area contributed by atoms with E-state index in [0.717, 1.165) is 11.5 Å². The van der Waals surface area contributed by atoms with Gasteiger partial charge in [-0.05, 0) is 42.2 Å². The lowest BCUT2D eigenvalue weighted by Crippen LogP contribution is -2.34. The molecule has 5 rings (SSSR count). The molecule has 0 amide bonds. The highest BCUT2D eigenvalue weighted by molar-refractivity contribution is 5.64. The van der Waals surface area contributed by atoms with Crippen molar-refractivity contribution in [3.05, 3.63) is 53.6 Å². The van der Waals surface area contributed by atoms with Gasteiger partial charge in [0, 0.05) is 11.1 Å². The van der Waals surface area contributed by atoms with Crippen LogP contribution in [0, 0.1) is 0 Å². The summed E-state index contributed by atoms with van der Waals surface area (Å²) in [6.45, 7) is 0.336. The Hall–Kier alpha value is -2.16. The van der Waals surface area contributed by atoms with Crippen LogP contribution in [-0.4, -0.2) is 6.79 Å². The second kappa shape index (κ2) is 4.92. The second-order valence-corrected chi connectivity index (χ2v) is 6.95. The van der Waals surface area contributed by atoms with Crippen molar-refractivity contribution in [3.63, 3.8) is 0 Å². The first kappa shape index (κ1) is 13.3. The zero-order chi connectivity index (χ0) is 15.3. The van der Waals surface area contributed by atoms with Crippen molar-refractivity contribution in [3.8, 4) is 11.5 Å². The largest absolute Gasteiger partial charge is 0.454 e. The van der Waals surface area contributed by atoms with Gasteiger partial charge >= 0.3 is 0 Å². The molecule has 0 bridgehead atoms. The molecule has 1 saturated carbocycles. The van der Waals surface area contributed by atoms with Gasteiger partial charge < -0.3 is 14.8 Å². The quantitative estimate of drug-likeness (QED) is 0.822. The van der Waals surface area contributed by atoms with Crippen LogP contribution in [0.1, 0.15) is 49.3 Å². The Bertz CT molecular complexity index is 749. The van der Waals surface area contributed by atoms with Gasteiger partial charge in [0.05, 0.1) is 6.04 Å². The summed E-state index contributed by atoms with van der Waals surface area (Å²) in [6.07, 6.45) is 6.51. The highest BCUT2D eigenvalue weighted by Gasteiger charge is 2.47. The maximum absolute atomic E-state index is 5.60. The van der Waals surface area contributed by atoms with Crippen molar-refractivity contribution in [2.24, 2.45) is 0 Å². The summed E-state index contributed by atoms with van der Waals surface area (Å²) in [5.41, 5.74) is 4.34. The molecule has 0 saturated heterocycles. The summed E-state index contributed by atoms with van der Waals surface area (Å²) in [4.78, 5) is 0. The van der Waals surface area contributed by atoms with E-state index in [-0.39, 0.29) is 5.41 Å². The average molecular weight is 307 g/mol. The number of anilines is 1. The molecular weight excluding hydrogens is 286 g/mol. The van der Waals surface area contributed by atoms with Crippen LogP contribution in [-0.2, 0) is 5.41 Å². The van der Waals surface area contributed by atoms with Crippen molar-refractivity contribution in [1.29, 1.82) is 0 Å². The number of para-hydroxylation sites is 1. The predicted octanol–water partition coefficient (Wildman–Crippen LogP) is 4.78. The predicted molar refractivity (Wildman–Crippen MR) is 90.1 cm³/mol. The van der Waals surface area contributed by atoms with Crippen molar-refractivity contribution in [1.82, 2.24) is 0 Å². The van der Waals surface area contributed by atoms with Crippen LogP contribution in [0.3, 0.4) is 0 Å². The normalized spacial score (nSPS) is 23.6. The van der Waals surface area contributed by atoms with Gasteiger partial charge in [0.15, 0.2) is 11.5 Å². The smallest absolute Gasteiger partial charge is 0.231 e. The van der Waals surface area contributed by atoms with Gasteiger partial charge in [-0.2, -0.15) is 0 Å². The number of hydrogen-bond donors (Lipinski definition) is 1. The first-order chi connectivity index (χ1) is 11.4. The minimum atomic E-state index is 0.225. The number of rotatable bonds is 1. The fourth-order valence-corrected chi connectivity index (χ4v) is 4.73. The van der Waals surface area contributed by atoms with Gasteiger partial charge in [-0.15, -0.1) is 0 Å². The molecule has 2 aromatic carbocycles. The summed E-state index contributed by atoms with van der Waals surface area (Å²) >= 11 is 0. The molecule has 1 aliphatic carbocycles. The van der Waals surface area contributed by atoms with E-state index < -0.39 is 0 Å². The van der Waals surface area contributed by atoms with Crippen LogP contribution in [0.15, 0.2) is 42.5 Å². The summed E-state index contributed by atoms with van der Waals surface area (Å²) in [6, 6.07) is 15.6. The zero-order valence-electron chi connectivity index (χ0n) is 13.2. The van der Waals surface area contributed by atoms with Crippen LogP contribution in [0.4, 0.5) is 5.69 Å². The molecule has 3 aliphatic rings. The Morgan fingerprint density at radius 3 is 2.65 bits per heavy atom. The third-order valence-corrected chi connectivity index (χ3v) is 5.79. The fourth-order valence-electron chi connectivity index (χ4n) is 4.73. The van der Waals surface area contributed by atoms with Gasteiger partial charge in [0.2, 0.25) is 6.79 Å². The van der Waals surface area contributed by atoms with Gasteiger partial charge in [0.1, 0.15) is 0 Å². The number of hydrogen-bond acceptors (Lipinski definition) is 3. The van der Waals surface area contributed by atoms with Crippen LogP contribution in [0.5, 0.6) is 11.5 Å². The first-order valence-corrected chi connectivity index (χ1v) is 8.62. The van der Waals surface area contributed by atoms with Crippen LogP contribution < -0.4 is 14.8 Å². The molecule has 1 N–H and O–H groups in total. The van der Waals surface area contributed by atoms with E-state index in [1.807, 2.05) is 0 Å². The highest BCUT2D eigenvalue weighted by atomic mass is 16.7. The lowest BCUT2D eigenvalue weighted by atomic mass is 9.65. The van der Waals surface area contributed by atoms with E-state index in [9.17, 15) is 0 Å². The van der Waals surface area contributed by atoms with Gasteiger partial charge in [-0.1, -0.05) is 43.5 Å². The summed E-state index contributed by atoms with van der Waals surface area (Å²) < 4.78 is 11.1. The zero-order valence-corrected chi connectivity index (χ0v) is 13.2. The van der Waals surface area contributed by atoms with Gasteiger partial charge in [0.25, 0.3) is 0 Å².